The van der Waals surface area contributed by atoms with E-state index in [1.54, 1.807) is 0 Å². The molecular weight excluding hydrogens is 255 g/mol. The molecule has 0 spiro atoms. The zero-order valence-corrected chi connectivity index (χ0v) is 8.97. The number of benzene rings is 1. The summed E-state index contributed by atoms with van der Waals surface area (Å²) in [5.74, 6) is -4.11. The molecule has 88 valence electrons. The van der Waals surface area contributed by atoms with Crippen molar-refractivity contribution in [3.63, 3.8) is 0 Å². The number of hydrogen-bond donors (Lipinski definition) is 1. The van der Waals surface area contributed by atoms with Crippen LogP contribution in [0.25, 0.3) is 0 Å². The van der Waals surface area contributed by atoms with Gasteiger partial charge in [-0.25, -0.2) is 23.1 Å². The predicted octanol–water partition coefficient (Wildman–Crippen LogP) is 3.29. The number of nitrogens with one attached hydrogen (secondary N) is 1. The number of aromatic nitrogens is 2. The number of halogens is 4. The summed E-state index contributed by atoms with van der Waals surface area (Å²) in [6.07, 6.45) is 2.67. The topological polar surface area (TPSA) is 37.8 Å². The van der Waals surface area contributed by atoms with Crippen LogP contribution >= 0.6 is 11.6 Å². The van der Waals surface area contributed by atoms with Crippen LogP contribution in [0.2, 0.25) is 5.15 Å². The summed E-state index contributed by atoms with van der Waals surface area (Å²) >= 11 is 5.67. The van der Waals surface area contributed by atoms with Gasteiger partial charge in [0.2, 0.25) is 0 Å². The minimum absolute atomic E-state index is 0.00312. The van der Waals surface area contributed by atoms with Crippen LogP contribution in [0.1, 0.15) is 0 Å². The van der Waals surface area contributed by atoms with E-state index in [9.17, 15) is 13.2 Å². The maximum atomic E-state index is 13.3. The minimum atomic E-state index is -1.56. The summed E-state index contributed by atoms with van der Waals surface area (Å²) in [6.45, 7) is 0. The van der Waals surface area contributed by atoms with Crippen molar-refractivity contribution in [2.75, 3.05) is 5.32 Å². The molecule has 3 nitrogen and oxygen atoms in total. The number of rotatable bonds is 2. The quantitative estimate of drug-likeness (QED) is 0.841. The van der Waals surface area contributed by atoms with E-state index >= 15 is 0 Å². The summed E-state index contributed by atoms with van der Waals surface area (Å²) in [7, 11) is 0. The van der Waals surface area contributed by atoms with Crippen LogP contribution in [0.3, 0.4) is 0 Å². The Labute approximate surface area is 99.3 Å². The highest BCUT2D eigenvalue weighted by atomic mass is 35.5. The largest absolute Gasteiger partial charge is 0.335 e. The lowest BCUT2D eigenvalue weighted by atomic mass is 10.3. The van der Waals surface area contributed by atoms with E-state index in [0.29, 0.717) is 0 Å². The third-order valence-electron chi connectivity index (χ3n) is 1.94. The molecule has 17 heavy (non-hydrogen) atoms. The number of nitrogens with zero attached hydrogens (tertiary/aromatic N) is 2. The Hall–Kier alpha value is -1.82. The molecule has 0 amide bonds. The van der Waals surface area contributed by atoms with Crippen molar-refractivity contribution in [1.82, 2.24) is 9.97 Å². The molecule has 0 saturated carbocycles. The summed E-state index contributed by atoms with van der Waals surface area (Å²) in [5, 5.41) is 2.42. The first-order chi connectivity index (χ1) is 8.09. The molecule has 0 radical (unpaired) electrons. The number of hydrogen-bond acceptors (Lipinski definition) is 3. The van der Waals surface area contributed by atoms with Crippen LogP contribution in [0.4, 0.5) is 24.7 Å². The Morgan fingerprint density at radius 2 is 1.71 bits per heavy atom. The molecular formula is C10H5ClF3N3. The average molecular weight is 260 g/mol. The lowest BCUT2D eigenvalue weighted by molar-refractivity contribution is 0.449. The normalized spacial score (nSPS) is 10.4. The van der Waals surface area contributed by atoms with Gasteiger partial charge < -0.3 is 5.32 Å². The van der Waals surface area contributed by atoms with Gasteiger partial charge in [0.05, 0.1) is 5.69 Å². The SMILES string of the molecule is Fc1ccc(Nc2nccnc2Cl)c(F)c1F. The second kappa shape index (κ2) is 4.58. The van der Waals surface area contributed by atoms with Gasteiger partial charge in [0, 0.05) is 12.4 Å². The van der Waals surface area contributed by atoms with E-state index in [-0.39, 0.29) is 16.7 Å². The molecule has 2 aromatic rings. The standard InChI is InChI=1S/C10H5ClF3N3/c11-9-10(16-4-3-15-9)17-6-2-1-5(12)7(13)8(6)14/h1-4H,(H,16,17). The second-order valence-corrected chi connectivity index (χ2v) is 3.40. The van der Waals surface area contributed by atoms with Crippen molar-refractivity contribution < 1.29 is 13.2 Å². The fourth-order valence-electron chi connectivity index (χ4n) is 1.15. The molecule has 0 saturated heterocycles. The molecule has 1 aromatic carbocycles. The van der Waals surface area contributed by atoms with Gasteiger partial charge in [-0.05, 0) is 12.1 Å². The maximum Gasteiger partial charge on any atom is 0.196 e. The molecule has 1 aromatic heterocycles. The fourth-order valence-corrected chi connectivity index (χ4v) is 1.31. The molecule has 0 bridgehead atoms. The van der Waals surface area contributed by atoms with Gasteiger partial charge in [-0.2, -0.15) is 0 Å². The molecule has 1 heterocycles. The molecule has 0 fully saturated rings. The maximum absolute atomic E-state index is 13.3. The molecule has 0 aliphatic carbocycles. The summed E-state index contributed by atoms with van der Waals surface area (Å²) in [5.41, 5.74) is -0.272. The van der Waals surface area contributed by atoms with Crippen LogP contribution in [-0.4, -0.2) is 9.97 Å². The lowest BCUT2D eigenvalue weighted by Gasteiger charge is -2.07. The van der Waals surface area contributed by atoms with Crippen molar-refractivity contribution >= 4 is 23.1 Å². The van der Waals surface area contributed by atoms with E-state index in [0.717, 1.165) is 12.1 Å². The van der Waals surface area contributed by atoms with Gasteiger partial charge in [-0.15, -0.1) is 0 Å². The smallest absolute Gasteiger partial charge is 0.196 e. The first-order valence-corrected chi connectivity index (χ1v) is 4.84. The van der Waals surface area contributed by atoms with E-state index in [1.165, 1.54) is 12.4 Å². The molecule has 0 atom stereocenters. The van der Waals surface area contributed by atoms with Gasteiger partial charge in [-0.3, -0.25) is 0 Å². The van der Waals surface area contributed by atoms with Gasteiger partial charge in [0.15, 0.2) is 28.4 Å². The van der Waals surface area contributed by atoms with E-state index in [4.69, 9.17) is 11.6 Å². The Bertz CT molecular complexity index is 562. The molecule has 0 aliphatic heterocycles. The van der Waals surface area contributed by atoms with Crippen molar-refractivity contribution in [1.29, 1.82) is 0 Å². The second-order valence-electron chi connectivity index (χ2n) is 3.04. The molecule has 2 rings (SSSR count). The van der Waals surface area contributed by atoms with Crippen LogP contribution in [0.5, 0.6) is 0 Å². The van der Waals surface area contributed by atoms with Gasteiger partial charge in [0.1, 0.15) is 0 Å². The Kier molecular flexibility index (Phi) is 3.14. The average Bonchev–Trinajstić information content (AvgIpc) is 2.32. The summed E-state index contributed by atoms with van der Waals surface area (Å²) in [6, 6.07) is 1.84. The highest BCUT2D eigenvalue weighted by Gasteiger charge is 2.14. The highest BCUT2D eigenvalue weighted by molar-refractivity contribution is 6.31. The first kappa shape index (κ1) is 11.7. The van der Waals surface area contributed by atoms with Crippen molar-refractivity contribution in [3.05, 3.63) is 47.1 Å². The van der Waals surface area contributed by atoms with Crippen molar-refractivity contribution in [2.45, 2.75) is 0 Å². The third-order valence-corrected chi connectivity index (χ3v) is 2.22. The van der Waals surface area contributed by atoms with Crippen LogP contribution in [-0.2, 0) is 0 Å². The van der Waals surface area contributed by atoms with Gasteiger partial charge >= 0.3 is 0 Å². The van der Waals surface area contributed by atoms with E-state index in [1.807, 2.05) is 0 Å². The third kappa shape index (κ3) is 2.31. The first-order valence-electron chi connectivity index (χ1n) is 4.46. The Balaban J connectivity index is 2.38. The zero-order valence-electron chi connectivity index (χ0n) is 8.22. The van der Waals surface area contributed by atoms with Crippen molar-refractivity contribution in [3.8, 4) is 0 Å². The minimum Gasteiger partial charge on any atom is -0.335 e. The van der Waals surface area contributed by atoms with Crippen LogP contribution in [0.15, 0.2) is 24.5 Å². The van der Waals surface area contributed by atoms with Gasteiger partial charge in [-0.1, -0.05) is 11.6 Å². The molecule has 0 aliphatic rings. The fraction of sp³-hybridized carbons (Fsp3) is 0. The van der Waals surface area contributed by atoms with Crippen LogP contribution < -0.4 is 5.32 Å². The molecule has 0 unspecified atom stereocenters. The highest BCUT2D eigenvalue weighted by Crippen LogP contribution is 2.25. The Morgan fingerprint density at radius 1 is 1.00 bits per heavy atom. The molecule has 7 heteroatoms. The lowest BCUT2D eigenvalue weighted by Crippen LogP contribution is -2.01. The zero-order chi connectivity index (χ0) is 12.4. The molecule has 1 N–H and O–H groups in total. The number of anilines is 2. The van der Waals surface area contributed by atoms with E-state index < -0.39 is 17.5 Å². The predicted molar refractivity (Wildman–Crippen MR) is 56.6 cm³/mol. The van der Waals surface area contributed by atoms with Crippen LogP contribution in [0, 0.1) is 17.5 Å². The monoisotopic (exact) mass is 259 g/mol. The Morgan fingerprint density at radius 3 is 2.41 bits per heavy atom. The van der Waals surface area contributed by atoms with E-state index in [2.05, 4.69) is 15.3 Å². The van der Waals surface area contributed by atoms with Gasteiger partial charge in [0.25, 0.3) is 0 Å². The van der Waals surface area contributed by atoms with Crippen molar-refractivity contribution in [2.24, 2.45) is 0 Å². The summed E-state index contributed by atoms with van der Waals surface area (Å²) < 4.78 is 38.9. The summed E-state index contributed by atoms with van der Waals surface area (Å²) in [4.78, 5) is 7.47.